The number of hydrogen-bond donors (Lipinski definition) is 2. The van der Waals surface area contributed by atoms with Crippen LogP contribution in [0.1, 0.15) is 55.7 Å². The second-order valence-corrected chi connectivity index (χ2v) is 5.73. The van der Waals surface area contributed by atoms with E-state index in [9.17, 15) is 9.90 Å². The Bertz CT molecular complexity index is 432. The first kappa shape index (κ1) is 14.1. The number of amides is 1. The van der Waals surface area contributed by atoms with Crippen molar-refractivity contribution >= 4 is 5.91 Å². The first-order valence-corrected chi connectivity index (χ1v) is 7.01. The van der Waals surface area contributed by atoms with Crippen LogP contribution in [-0.4, -0.2) is 45.3 Å². The highest BCUT2D eigenvalue weighted by atomic mass is 16.3. The summed E-state index contributed by atoms with van der Waals surface area (Å²) in [5.41, 5.74) is 1.49. The summed E-state index contributed by atoms with van der Waals surface area (Å²) in [4.78, 5) is 14.1. The minimum absolute atomic E-state index is 0.00723. The standard InChI is InChI=1S/C14H23N3O2/c1-9(2)12-8-13(16-15-12)14(19)17-6-4-11(5-7-17)10(3)18/h8-11,18H,4-7H2,1-3H3,(H,15,16). The van der Waals surface area contributed by atoms with Gasteiger partial charge in [-0.1, -0.05) is 13.8 Å². The zero-order chi connectivity index (χ0) is 14.0. The van der Waals surface area contributed by atoms with E-state index in [0.717, 1.165) is 18.5 Å². The Kier molecular flexibility index (Phi) is 4.24. The minimum Gasteiger partial charge on any atom is -0.393 e. The largest absolute Gasteiger partial charge is 0.393 e. The zero-order valence-electron chi connectivity index (χ0n) is 11.9. The Labute approximate surface area is 114 Å². The van der Waals surface area contributed by atoms with Crippen LogP contribution in [0.15, 0.2) is 6.07 Å². The van der Waals surface area contributed by atoms with E-state index in [1.807, 2.05) is 17.9 Å². The van der Waals surface area contributed by atoms with Crippen molar-refractivity contribution in [3.8, 4) is 0 Å². The van der Waals surface area contributed by atoms with E-state index in [2.05, 4.69) is 24.0 Å². The Morgan fingerprint density at radius 2 is 2.05 bits per heavy atom. The quantitative estimate of drug-likeness (QED) is 0.875. The number of aromatic amines is 1. The van der Waals surface area contributed by atoms with Gasteiger partial charge in [0.15, 0.2) is 0 Å². The van der Waals surface area contributed by atoms with Gasteiger partial charge in [-0.2, -0.15) is 5.10 Å². The predicted molar refractivity (Wildman–Crippen MR) is 73.0 cm³/mol. The van der Waals surface area contributed by atoms with Crippen molar-refractivity contribution in [3.05, 3.63) is 17.5 Å². The third-order valence-electron chi connectivity index (χ3n) is 3.95. The summed E-state index contributed by atoms with van der Waals surface area (Å²) in [5, 5.41) is 16.6. The van der Waals surface area contributed by atoms with Crippen LogP contribution in [0.3, 0.4) is 0 Å². The fourth-order valence-corrected chi connectivity index (χ4v) is 2.49. The first-order valence-electron chi connectivity index (χ1n) is 7.01. The van der Waals surface area contributed by atoms with Crippen LogP contribution in [0.25, 0.3) is 0 Å². The molecule has 1 aliphatic rings. The van der Waals surface area contributed by atoms with Gasteiger partial charge in [0, 0.05) is 18.8 Å². The molecule has 1 unspecified atom stereocenters. The summed E-state index contributed by atoms with van der Waals surface area (Å²) in [6.07, 6.45) is 1.45. The molecule has 19 heavy (non-hydrogen) atoms. The van der Waals surface area contributed by atoms with E-state index in [4.69, 9.17) is 0 Å². The molecular formula is C14H23N3O2. The number of carbonyl (C=O) groups excluding carboxylic acids is 1. The molecule has 1 aliphatic heterocycles. The molecule has 1 atom stereocenters. The maximum absolute atomic E-state index is 12.3. The van der Waals surface area contributed by atoms with E-state index in [1.54, 1.807) is 0 Å². The summed E-state index contributed by atoms with van der Waals surface area (Å²) >= 11 is 0. The summed E-state index contributed by atoms with van der Waals surface area (Å²) in [5.74, 6) is 0.650. The van der Waals surface area contributed by atoms with Crippen molar-refractivity contribution in [2.24, 2.45) is 5.92 Å². The molecule has 5 heteroatoms. The number of nitrogens with zero attached hydrogens (tertiary/aromatic N) is 2. The Hall–Kier alpha value is -1.36. The van der Waals surface area contributed by atoms with Gasteiger partial charge < -0.3 is 10.0 Å². The summed E-state index contributed by atoms with van der Waals surface area (Å²) in [6, 6.07) is 1.84. The van der Waals surface area contributed by atoms with Gasteiger partial charge >= 0.3 is 0 Å². The first-order chi connectivity index (χ1) is 8.99. The monoisotopic (exact) mass is 265 g/mol. The van der Waals surface area contributed by atoms with Crippen LogP contribution in [0, 0.1) is 5.92 Å². The average molecular weight is 265 g/mol. The van der Waals surface area contributed by atoms with Crippen molar-refractivity contribution in [2.75, 3.05) is 13.1 Å². The zero-order valence-corrected chi connectivity index (χ0v) is 11.9. The number of aliphatic hydroxyl groups is 1. The topological polar surface area (TPSA) is 69.2 Å². The highest BCUT2D eigenvalue weighted by Crippen LogP contribution is 2.22. The maximum Gasteiger partial charge on any atom is 0.274 e. The minimum atomic E-state index is -0.282. The summed E-state index contributed by atoms with van der Waals surface area (Å²) in [7, 11) is 0. The van der Waals surface area contributed by atoms with Gasteiger partial charge in [0.25, 0.3) is 5.91 Å². The van der Waals surface area contributed by atoms with Crippen LogP contribution in [0.5, 0.6) is 0 Å². The van der Waals surface area contributed by atoms with Crippen LogP contribution < -0.4 is 0 Å². The van der Waals surface area contributed by atoms with Crippen molar-refractivity contribution in [2.45, 2.75) is 45.6 Å². The van der Waals surface area contributed by atoms with Crippen LogP contribution in [0.4, 0.5) is 0 Å². The molecule has 1 aromatic rings. The van der Waals surface area contributed by atoms with Crippen molar-refractivity contribution in [1.82, 2.24) is 15.1 Å². The van der Waals surface area contributed by atoms with Gasteiger partial charge in [-0.15, -0.1) is 0 Å². The molecule has 0 saturated carbocycles. The van der Waals surface area contributed by atoms with Gasteiger partial charge in [-0.25, -0.2) is 0 Å². The number of H-pyrrole nitrogens is 1. The third-order valence-corrected chi connectivity index (χ3v) is 3.95. The van der Waals surface area contributed by atoms with E-state index >= 15 is 0 Å². The average Bonchev–Trinajstić information content (AvgIpc) is 2.87. The summed E-state index contributed by atoms with van der Waals surface area (Å²) < 4.78 is 0. The van der Waals surface area contributed by atoms with Crippen LogP contribution in [0.2, 0.25) is 0 Å². The highest BCUT2D eigenvalue weighted by molar-refractivity contribution is 5.92. The highest BCUT2D eigenvalue weighted by Gasteiger charge is 2.27. The number of carbonyl (C=O) groups is 1. The van der Waals surface area contributed by atoms with Crippen molar-refractivity contribution in [3.63, 3.8) is 0 Å². The number of likely N-dealkylation sites (tertiary alicyclic amines) is 1. The van der Waals surface area contributed by atoms with Crippen LogP contribution >= 0.6 is 0 Å². The number of hydrogen-bond acceptors (Lipinski definition) is 3. The Morgan fingerprint density at radius 1 is 1.42 bits per heavy atom. The second kappa shape index (κ2) is 5.74. The molecule has 0 aromatic carbocycles. The van der Waals surface area contributed by atoms with Gasteiger partial charge in [0.1, 0.15) is 5.69 Å². The molecule has 1 fully saturated rings. The van der Waals surface area contributed by atoms with E-state index in [0.29, 0.717) is 30.6 Å². The van der Waals surface area contributed by atoms with Crippen molar-refractivity contribution < 1.29 is 9.90 Å². The molecule has 0 bridgehead atoms. The number of rotatable bonds is 3. The van der Waals surface area contributed by atoms with Crippen molar-refractivity contribution in [1.29, 1.82) is 0 Å². The van der Waals surface area contributed by atoms with Crippen LogP contribution in [-0.2, 0) is 0 Å². The molecule has 2 rings (SSSR count). The maximum atomic E-state index is 12.3. The Balaban J connectivity index is 1.97. The molecule has 2 heterocycles. The number of piperidine rings is 1. The van der Waals surface area contributed by atoms with E-state index in [1.165, 1.54) is 0 Å². The molecule has 106 valence electrons. The fraction of sp³-hybridized carbons (Fsp3) is 0.714. The Morgan fingerprint density at radius 3 is 2.53 bits per heavy atom. The molecule has 5 nitrogen and oxygen atoms in total. The molecule has 1 aromatic heterocycles. The van der Waals surface area contributed by atoms with E-state index in [-0.39, 0.29) is 12.0 Å². The third kappa shape index (κ3) is 3.15. The van der Waals surface area contributed by atoms with Gasteiger partial charge in [-0.05, 0) is 37.7 Å². The SMILES string of the molecule is CC(C)c1cc(C(=O)N2CCC(C(C)O)CC2)n[nH]1. The molecule has 0 spiro atoms. The lowest BCUT2D eigenvalue weighted by Crippen LogP contribution is -2.40. The number of aliphatic hydroxyl groups excluding tert-OH is 1. The fourth-order valence-electron chi connectivity index (χ4n) is 2.49. The lowest BCUT2D eigenvalue weighted by molar-refractivity contribution is 0.0517. The lowest BCUT2D eigenvalue weighted by Gasteiger charge is -2.32. The molecule has 0 aliphatic carbocycles. The number of aromatic nitrogens is 2. The molecule has 2 N–H and O–H groups in total. The second-order valence-electron chi connectivity index (χ2n) is 5.73. The van der Waals surface area contributed by atoms with Gasteiger partial charge in [0.2, 0.25) is 0 Å². The van der Waals surface area contributed by atoms with Gasteiger partial charge in [-0.3, -0.25) is 9.89 Å². The summed E-state index contributed by atoms with van der Waals surface area (Å²) in [6.45, 7) is 7.37. The molecule has 1 amide bonds. The predicted octanol–water partition coefficient (Wildman–Crippen LogP) is 1.77. The lowest BCUT2D eigenvalue weighted by atomic mass is 9.92. The normalized spacial score (nSPS) is 18.9. The smallest absolute Gasteiger partial charge is 0.274 e. The van der Waals surface area contributed by atoms with Gasteiger partial charge in [0.05, 0.1) is 6.10 Å². The number of nitrogens with one attached hydrogen (secondary N) is 1. The molecule has 0 radical (unpaired) electrons. The van der Waals surface area contributed by atoms with E-state index < -0.39 is 0 Å². The molecule has 1 saturated heterocycles. The molecular weight excluding hydrogens is 242 g/mol.